The summed E-state index contributed by atoms with van der Waals surface area (Å²) in [6.45, 7) is 8.83. The van der Waals surface area contributed by atoms with Crippen molar-refractivity contribution in [2.75, 3.05) is 13.1 Å². The van der Waals surface area contributed by atoms with E-state index >= 15 is 0 Å². The number of ether oxygens (including phenoxy) is 1. The van der Waals surface area contributed by atoms with Gasteiger partial charge in [0.1, 0.15) is 11.4 Å². The van der Waals surface area contributed by atoms with E-state index in [-0.39, 0.29) is 29.4 Å². The lowest BCUT2D eigenvalue weighted by atomic mass is 9.88. The number of nitrogens with one attached hydrogen (secondary N) is 1. The average molecular weight is 342 g/mol. The van der Waals surface area contributed by atoms with Crippen LogP contribution in [0.15, 0.2) is 36.9 Å². The Kier molecular flexibility index (Phi) is 4.84. The fraction of sp³-hybridized carbons (Fsp3) is 0.500. The Morgan fingerprint density at radius 3 is 2.64 bits per heavy atom. The number of carbonyl (C=O) groups excluding carboxylic acids is 2. The van der Waals surface area contributed by atoms with Crippen LogP contribution in [0.1, 0.15) is 44.7 Å². The summed E-state index contributed by atoms with van der Waals surface area (Å²) in [6.07, 6.45) is 3.46. The monoisotopic (exact) mass is 342 g/mol. The van der Waals surface area contributed by atoms with Gasteiger partial charge in [0, 0.05) is 31.0 Å². The van der Waals surface area contributed by atoms with Crippen LogP contribution in [-0.4, -0.2) is 35.4 Å². The lowest BCUT2D eigenvalue weighted by Crippen LogP contribution is -2.46. The third kappa shape index (κ3) is 3.86. The minimum atomic E-state index is -0.313. The number of piperidine rings is 1. The van der Waals surface area contributed by atoms with Gasteiger partial charge in [-0.25, -0.2) is 0 Å². The molecular formula is C20H26N2O3. The van der Waals surface area contributed by atoms with Crippen LogP contribution in [0.25, 0.3) is 0 Å². The van der Waals surface area contributed by atoms with Crippen molar-refractivity contribution in [3.05, 3.63) is 42.5 Å². The number of nitrogens with zero attached hydrogens (tertiary/aromatic N) is 1. The first-order valence-corrected chi connectivity index (χ1v) is 8.89. The van der Waals surface area contributed by atoms with Crippen molar-refractivity contribution in [1.82, 2.24) is 10.2 Å². The molecular weight excluding hydrogens is 316 g/mol. The fourth-order valence-electron chi connectivity index (χ4n) is 3.71. The molecule has 1 N–H and O–H groups in total. The first-order chi connectivity index (χ1) is 11.9. The molecule has 1 aromatic carbocycles. The molecule has 1 aromatic rings. The van der Waals surface area contributed by atoms with E-state index in [1.54, 1.807) is 4.90 Å². The van der Waals surface area contributed by atoms with Crippen LogP contribution in [0.4, 0.5) is 0 Å². The zero-order valence-corrected chi connectivity index (χ0v) is 15.0. The zero-order valence-electron chi connectivity index (χ0n) is 15.0. The van der Waals surface area contributed by atoms with Crippen molar-refractivity contribution in [2.24, 2.45) is 5.92 Å². The van der Waals surface area contributed by atoms with E-state index in [0.717, 1.165) is 17.7 Å². The highest BCUT2D eigenvalue weighted by atomic mass is 16.5. The third-order valence-corrected chi connectivity index (χ3v) is 5.04. The van der Waals surface area contributed by atoms with E-state index in [0.29, 0.717) is 25.9 Å². The fourth-order valence-corrected chi connectivity index (χ4v) is 3.71. The molecule has 3 rings (SSSR count). The molecule has 0 aliphatic carbocycles. The van der Waals surface area contributed by atoms with E-state index in [1.165, 1.54) is 6.08 Å². The molecule has 0 aromatic heterocycles. The number of hydrogen-bond donors (Lipinski definition) is 1. The van der Waals surface area contributed by atoms with Crippen LogP contribution in [0.3, 0.4) is 0 Å². The van der Waals surface area contributed by atoms with Crippen molar-refractivity contribution in [3.63, 3.8) is 0 Å². The summed E-state index contributed by atoms with van der Waals surface area (Å²) < 4.78 is 6.02. The Labute approximate surface area is 149 Å². The van der Waals surface area contributed by atoms with Crippen molar-refractivity contribution in [3.8, 4) is 5.75 Å². The minimum Gasteiger partial charge on any atom is -0.487 e. The van der Waals surface area contributed by atoms with Crippen LogP contribution in [0, 0.1) is 5.92 Å². The van der Waals surface area contributed by atoms with Gasteiger partial charge in [0.15, 0.2) is 0 Å². The van der Waals surface area contributed by atoms with E-state index in [2.05, 4.69) is 11.9 Å². The molecule has 25 heavy (non-hydrogen) atoms. The molecule has 1 atom stereocenters. The summed E-state index contributed by atoms with van der Waals surface area (Å²) in [4.78, 5) is 26.2. The highest BCUT2D eigenvalue weighted by Crippen LogP contribution is 2.39. The number of hydrogen-bond acceptors (Lipinski definition) is 3. The largest absolute Gasteiger partial charge is 0.487 e. The maximum atomic E-state index is 12.8. The molecule has 0 radical (unpaired) electrons. The molecule has 0 spiro atoms. The number of amides is 2. The molecule has 1 saturated heterocycles. The molecule has 1 fully saturated rings. The highest BCUT2D eigenvalue weighted by molar-refractivity contribution is 5.87. The van der Waals surface area contributed by atoms with Crippen LogP contribution in [0.2, 0.25) is 0 Å². The molecule has 0 saturated carbocycles. The summed E-state index contributed by atoms with van der Waals surface area (Å²) in [7, 11) is 0. The number of rotatable bonds is 3. The van der Waals surface area contributed by atoms with Gasteiger partial charge in [-0.3, -0.25) is 9.59 Å². The molecule has 2 aliphatic rings. The number of fused-ring (bicyclic) bond motifs is 1. The van der Waals surface area contributed by atoms with Gasteiger partial charge < -0.3 is 15.0 Å². The van der Waals surface area contributed by atoms with Crippen molar-refractivity contribution >= 4 is 11.8 Å². The molecule has 5 heteroatoms. The molecule has 0 bridgehead atoms. The van der Waals surface area contributed by atoms with E-state index in [1.807, 2.05) is 38.1 Å². The number of carbonyl (C=O) groups is 2. The third-order valence-electron chi connectivity index (χ3n) is 5.04. The maximum Gasteiger partial charge on any atom is 0.245 e. The Hall–Kier alpha value is -2.30. The lowest BCUT2D eigenvalue weighted by molar-refractivity contribution is -0.132. The quantitative estimate of drug-likeness (QED) is 0.860. The number of likely N-dealkylation sites (tertiary alicyclic amines) is 1. The Bertz CT molecular complexity index is 675. The normalized spacial score (nSPS) is 22.5. The zero-order chi connectivity index (χ0) is 18.0. The van der Waals surface area contributed by atoms with E-state index in [4.69, 9.17) is 4.74 Å². The maximum absolute atomic E-state index is 12.8. The molecule has 2 amide bonds. The smallest absolute Gasteiger partial charge is 0.245 e. The number of benzene rings is 1. The summed E-state index contributed by atoms with van der Waals surface area (Å²) in [5, 5.41) is 3.22. The predicted octanol–water partition coefficient (Wildman–Crippen LogP) is 2.83. The van der Waals surface area contributed by atoms with Gasteiger partial charge in [0.05, 0.1) is 6.04 Å². The van der Waals surface area contributed by atoms with Gasteiger partial charge in [0.2, 0.25) is 11.8 Å². The Morgan fingerprint density at radius 2 is 1.96 bits per heavy atom. The van der Waals surface area contributed by atoms with Crippen LogP contribution < -0.4 is 10.1 Å². The van der Waals surface area contributed by atoms with E-state index in [9.17, 15) is 9.59 Å². The summed E-state index contributed by atoms with van der Waals surface area (Å²) in [5.74, 6) is 0.810. The second-order valence-electron chi connectivity index (χ2n) is 7.47. The van der Waals surface area contributed by atoms with Crippen molar-refractivity contribution in [2.45, 2.75) is 44.8 Å². The van der Waals surface area contributed by atoms with Gasteiger partial charge in [-0.2, -0.15) is 0 Å². The molecule has 5 nitrogen and oxygen atoms in total. The van der Waals surface area contributed by atoms with Gasteiger partial charge in [-0.1, -0.05) is 24.8 Å². The van der Waals surface area contributed by atoms with Gasteiger partial charge in [-0.05, 0) is 38.8 Å². The predicted molar refractivity (Wildman–Crippen MR) is 96.2 cm³/mol. The molecule has 2 heterocycles. The van der Waals surface area contributed by atoms with Crippen molar-refractivity contribution in [1.29, 1.82) is 0 Å². The summed E-state index contributed by atoms with van der Waals surface area (Å²) in [6, 6.07) is 7.85. The first kappa shape index (κ1) is 17.5. The topological polar surface area (TPSA) is 58.6 Å². The number of para-hydroxylation sites is 1. The second-order valence-corrected chi connectivity index (χ2v) is 7.47. The molecule has 134 valence electrons. The van der Waals surface area contributed by atoms with Crippen LogP contribution >= 0.6 is 0 Å². The molecule has 1 unspecified atom stereocenters. The first-order valence-electron chi connectivity index (χ1n) is 8.89. The Balaban J connectivity index is 1.65. The van der Waals surface area contributed by atoms with Gasteiger partial charge in [-0.15, -0.1) is 0 Å². The standard InChI is InChI=1S/C20H26N2O3/c1-4-18(23)22-11-9-14(10-12-22)19(24)21-16-13-20(2,3)25-17-8-6-5-7-15(16)17/h4-8,14,16H,1,9-13H2,2-3H3,(H,21,24). The van der Waals surface area contributed by atoms with Crippen LogP contribution in [0.5, 0.6) is 5.75 Å². The van der Waals surface area contributed by atoms with Gasteiger partial charge in [0.25, 0.3) is 0 Å². The second kappa shape index (κ2) is 6.90. The van der Waals surface area contributed by atoms with E-state index < -0.39 is 0 Å². The Morgan fingerprint density at radius 1 is 1.28 bits per heavy atom. The summed E-state index contributed by atoms with van der Waals surface area (Å²) in [5.41, 5.74) is 0.723. The minimum absolute atomic E-state index is 0.0414. The molecule has 2 aliphatic heterocycles. The van der Waals surface area contributed by atoms with Crippen LogP contribution in [-0.2, 0) is 9.59 Å². The summed E-state index contributed by atoms with van der Waals surface area (Å²) >= 11 is 0. The average Bonchev–Trinajstić information content (AvgIpc) is 2.60. The SMILES string of the molecule is C=CC(=O)N1CCC(C(=O)NC2CC(C)(C)Oc3ccccc32)CC1. The van der Waals surface area contributed by atoms with Crippen molar-refractivity contribution < 1.29 is 14.3 Å². The van der Waals surface area contributed by atoms with Gasteiger partial charge >= 0.3 is 0 Å². The lowest BCUT2D eigenvalue weighted by Gasteiger charge is -2.39. The highest BCUT2D eigenvalue weighted by Gasteiger charge is 2.36.